The lowest BCUT2D eigenvalue weighted by Gasteiger charge is -2.39. The van der Waals surface area contributed by atoms with Crippen molar-refractivity contribution in [1.29, 1.82) is 5.26 Å². The molecule has 2 aromatic rings. The maximum absolute atomic E-state index is 13.4. The van der Waals surface area contributed by atoms with E-state index in [-0.39, 0.29) is 22.8 Å². The van der Waals surface area contributed by atoms with Crippen molar-refractivity contribution < 1.29 is 9.18 Å². The molecule has 200 valence electrons. The molecular weight excluding hydrogens is 521 g/mol. The van der Waals surface area contributed by atoms with Crippen molar-refractivity contribution in [1.82, 2.24) is 9.47 Å². The number of benzene rings is 1. The Hall–Kier alpha value is -3.16. The topological polar surface area (TPSA) is 72.6 Å². The second-order valence-electron chi connectivity index (χ2n) is 9.44. The Bertz CT molecular complexity index is 1360. The van der Waals surface area contributed by atoms with Crippen LogP contribution >= 0.6 is 24.0 Å². The number of hydrogen-bond donors (Lipinski definition) is 0. The van der Waals surface area contributed by atoms with Crippen LogP contribution in [-0.2, 0) is 11.3 Å². The van der Waals surface area contributed by atoms with Gasteiger partial charge in [0.15, 0.2) is 0 Å². The number of pyridine rings is 1. The Kier molecular flexibility index (Phi) is 8.90. The van der Waals surface area contributed by atoms with E-state index in [1.165, 1.54) is 23.9 Å². The van der Waals surface area contributed by atoms with Gasteiger partial charge in [-0.15, -0.1) is 0 Å². The van der Waals surface area contributed by atoms with E-state index in [4.69, 9.17) is 12.2 Å². The Morgan fingerprint density at radius 3 is 2.32 bits per heavy atom. The molecule has 0 unspecified atom stereocenters. The van der Waals surface area contributed by atoms with E-state index in [0.717, 1.165) is 30.8 Å². The molecule has 0 atom stereocenters. The van der Waals surface area contributed by atoms with Crippen molar-refractivity contribution in [2.24, 2.45) is 0 Å². The number of rotatable bonds is 8. The molecule has 2 fully saturated rings. The Morgan fingerprint density at radius 1 is 1.05 bits per heavy atom. The number of nitriles is 1. The first kappa shape index (κ1) is 27.9. The summed E-state index contributed by atoms with van der Waals surface area (Å²) in [7, 11) is 0. The maximum atomic E-state index is 13.4. The first-order valence-corrected chi connectivity index (χ1v) is 14.2. The summed E-state index contributed by atoms with van der Waals surface area (Å²) in [4.78, 5) is 33.2. The molecule has 2 aliphatic rings. The van der Waals surface area contributed by atoms with E-state index in [2.05, 4.69) is 22.8 Å². The van der Waals surface area contributed by atoms with Gasteiger partial charge in [-0.2, -0.15) is 5.26 Å². The van der Waals surface area contributed by atoms with E-state index < -0.39 is 0 Å². The van der Waals surface area contributed by atoms with Crippen LogP contribution in [0.15, 0.2) is 34.0 Å². The van der Waals surface area contributed by atoms with Crippen molar-refractivity contribution in [3.63, 3.8) is 0 Å². The third kappa shape index (κ3) is 5.49. The van der Waals surface area contributed by atoms with Gasteiger partial charge in [0.05, 0.1) is 4.91 Å². The standard InChI is InChI=1S/C28H32FN5O2S2/c1-4-6-12-34-27(36)24(38-28(34)37)17-22-19(3)23(18-30)26(35)33(11-5-2)25(22)32-15-13-31(14-16-32)21-9-7-20(29)8-10-21/h7-10,17H,4-6,11-16H2,1-3H3/b24-17-. The zero-order valence-electron chi connectivity index (χ0n) is 22.0. The number of nitrogens with zero attached hydrogens (tertiary/aromatic N) is 5. The summed E-state index contributed by atoms with van der Waals surface area (Å²) >= 11 is 6.77. The molecule has 1 amide bonds. The molecule has 4 rings (SSSR count). The summed E-state index contributed by atoms with van der Waals surface area (Å²) in [6.45, 7) is 9.50. The average molecular weight is 554 g/mol. The van der Waals surface area contributed by atoms with Crippen LogP contribution in [0.25, 0.3) is 6.08 Å². The average Bonchev–Trinajstić information content (AvgIpc) is 3.18. The maximum Gasteiger partial charge on any atom is 0.270 e. The van der Waals surface area contributed by atoms with Gasteiger partial charge >= 0.3 is 0 Å². The van der Waals surface area contributed by atoms with Gasteiger partial charge in [-0.1, -0.05) is 44.2 Å². The molecule has 7 nitrogen and oxygen atoms in total. The summed E-state index contributed by atoms with van der Waals surface area (Å²) < 4.78 is 15.6. The van der Waals surface area contributed by atoms with Crippen molar-refractivity contribution in [3.8, 4) is 6.07 Å². The molecule has 10 heteroatoms. The summed E-state index contributed by atoms with van der Waals surface area (Å²) in [6, 6.07) is 8.56. The number of unbranched alkanes of at least 4 members (excludes halogenated alkanes) is 1. The molecule has 0 N–H and O–H groups in total. The van der Waals surface area contributed by atoms with Crippen molar-refractivity contribution in [3.05, 3.63) is 62.0 Å². The van der Waals surface area contributed by atoms with E-state index in [0.29, 0.717) is 59.6 Å². The number of amides is 1. The Morgan fingerprint density at radius 2 is 1.71 bits per heavy atom. The molecule has 38 heavy (non-hydrogen) atoms. The number of thioether (sulfide) groups is 1. The molecule has 0 saturated carbocycles. The predicted octanol–water partition coefficient (Wildman–Crippen LogP) is 4.91. The second kappa shape index (κ2) is 12.1. The number of thiocarbonyl (C=S) groups is 1. The molecule has 2 aliphatic heterocycles. The minimum Gasteiger partial charge on any atom is -0.368 e. The third-order valence-corrected chi connectivity index (χ3v) is 8.33. The molecule has 1 aromatic carbocycles. The third-order valence-electron chi connectivity index (χ3n) is 6.95. The molecule has 0 bridgehead atoms. The number of aromatic nitrogens is 1. The van der Waals surface area contributed by atoms with Crippen molar-refractivity contribution >= 4 is 51.8 Å². The molecule has 2 saturated heterocycles. The fraction of sp³-hybridized carbons (Fsp3) is 0.429. The van der Waals surface area contributed by atoms with Crippen molar-refractivity contribution in [2.75, 3.05) is 42.5 Å². The summed E-state index contributed by atoms with van der Waals surface area (Å²) in [5, 5.41) is 9.86. The van der Waals surface area contributed by atoms with E-state index in [1.807, 2.05) is 13.0 Å². The number of halogens is 1. The van der Waals surface area contributed by atoms with Gasteiger partial charge in [-0.05, 0) is 55.7 Å². The van der Waals surface area contributed by atoms with Gasteiger partial charge in [0.25, 0.3) is 11.5 Å². The zero-order valence-corrected chi connectivity index (χ0v) is 23.6. The molecule has 1 aromatic heterocycles. The fourth-order valence-electron chi connectivity index (χ4n) is 4.88. The van der Waals surface area contributed by atoms with Crippen LogP contribution in [-0.4, -0.2) is 52.4 Å². The van der Waals surface area contributed by atoms with Crippen molar-refractivity contribution in [2.45, 2.75) is 46.6 Å². The molecule has 0 radical (unpaired) electrons. The van der Waals surface area contributed by atoms with E-state index in [9.17, 15) is 19.2 Å². The Balaban J connectivity index is 1.76. The molecule has 3 heterocycles. The number of carbonyl (C=O) groups excluding carboxylic acids is 1. The second-order valence-corrected chi connectivity index (χ2v) is 11.1. The van der Waals surface area contributed by atoms with Crippen LogP contribution in [0.1, 0.15) is 49.8 Å². The largest absolute Gasteiger partial charge is 0.368 e. The Labute approximate surface area is 232 Å². The minimum atomic E-state index is -0.310. The van der Waals surface area contributed by atoms with Crippen LogP contribution in [0.5, 0.6) is 0 Å². The summed E-state index contributed by atoms with van der Waals surface area (Å²) in [5.41, 5.74) is 2.01. The van der Waals surface area contributed by atoms with Crippen LogP contribution in [0.4, 0.5) is 15.9 Å². The lowest BCUT2D eigenvalue weighted by Crippen LogP contribution is -2.48. The lowest BCUT2D eigenvalue weighted by atomic mass is 10.0. The number of carbonyl (C=O) groups is 1. The normalized spacial score (nSPS) is 17.0. The van der Waals surface area contributed by atoms with Crippen LogP contribution < -0.4 is 15.4 Å². The highest BCUT2D eigenvalue weighted by Crippen LogP contribution is 2.36. The van der Waals surface area contributed by atoms with E-state index >= 15 is 0 Å². The summed E-state index contributed by atoms with van der Waals surface area (Å²) in [5.74, 6) is 0.325. The number of hydrogen-bond acceptors (Lipinski definition) is 7. The molecule has 0 spiro atoms. The number of anilines is 2. The minimum absolute atomic E-state index is 0.0971. The SMILES string of the molecule is CCCCN1C(=O)/C(=C/c2c(C)c(C#N)c(=O)n(CCC)c2N2CCN(c3ccc(F)cc3)CC2)SC1=S. The van der Waals surface area contributed by atoms with Crippen LogP contribution in [0, 0.1) is 24.1 Å². The summed E-state index contributed by atoms with van der Waals surface area (Å²) in [6.07, 6.45) is 4.35. The van der Waals surface area contributed by atoms with Gasteiger partial charge in [0, 0.05) is 50.5 Å². The van der Waals surface area contributed by atoms with Gasteiger partial charge in [-0.25, -0.2) is 4.39 Å². The lowest BCUT2D eigenvalue weighted by molar-refractivity contribution is -0.122. The first-order valence-electron chi connectivity index (χ1n) is 13.0. The molecule has 0 aliphatic carbocycles. The predicted molar refractivity (Wildman–Crippen MR) is 156 cm³/mol. The quantitative estimate of drug-likeness (QED) is 0.340. The zero-order chi connectivity index (χ0) is 27.4. The highest BCUT2D eigenvalue weighted by Gasteiger charge is 2.33. The van der Waals surface area contributed by atoms with Gasteiger partial charge in [0.1, 0.15) is 27.6 Å². The van der Waals surface area contributed by atoms with Crippen LogP contribution in [0.2, 0.25) is 0 Å². The number of piperazine rings is 1. The van der Waals surface area contributed by atoms with Gasteiger partial charge in [-0.3, -0.25) is 19.1 Å². The first-order chi connectivity index (χ1) is 18.3. The van der Waals surface area contributed by atoms with Gasteiger partial charge in [0.2, 0.25) is 0 Å². The highest BCUT2D eigenvalue weighted by molar-refractivity contribution is 8.26. The monoisotopic (exact) mass is 553 g/mol. The highest BCUT2D eigenvalue weighted by atomic mass is 32.2. The molecular formula is C28H32FN5O2S2. The van der Waals surface area contributed by atoms with Gasteiger partial charge < -0.3 is 9.80 Å². The van der Waals surface area contributed by atoms with E-state index in [1.54, 1.807) is 28.5 Å². The smallest absolute Gasteiger partial charge is 0.270 e. The fourth-order valence-corrected chi connectivity index (χ4v) is 6.17. The van der Waals surface area contributed by atoms with Crippen LogP contribution in [0.3, 0.4) is 0 Å².